The number of anilines is 3. The predicted octanol–water partition coefficient (Wildman–Crippen LogP) is 5.76. The third-order valence-electron chi connectivity index (χ3n) is 5.25. The van der Waals surface area contributed by atoms with E-state index in [1.54, 1.807) is 42.5 Å². The predicted molar refractivity (Wildman–Crippen MR) is 146 cm³/mol. The van der Waals surface area contributed by atoms with E-state index in [1.807, 2.05) is 43.0 Å². The molecule has 0 bridgehead atoms. The Labute approximate surface area is 215 Å². The highest BCUT2D eigenvalue weighted by atomic mass is 79.9. The van der Waals surface area contributed by atoms with Crippen molar-refractivity contribution in [2.75, 3.05) is 35.1 Å². The molecular weight excluding hydrogens is 530 g/mol. The molecule has 1 amide bonds. The molecule has 9 heteroatoms. The average Bonchev–Trinajstić information content (AvgIpc) is 2.84. The van der Waals surface area contributed by atoms with E-state index in [-0.39, 0.29) is 10.8 Å². The standard InChI is InChI=1S/C26H28BrN3O4S/c1-4-30(5-2)23-15-14-21(28-26(31)16-13-19-9-8-10-20(27)17-19)18-25(23)35(32,33)29-22-11-6-7-12-24(22)34-3/h6-18,29H,4-5H2,1-3H3,(H,28,31). The highest BCUT2D eigenvalue weighted by Crippen LogP contribution is 2.32. The molecule has 2 N–H and O–H groups in total. The van der Waals surface area contributed by atoms with Gasteiger partial charge in [0.25, 0.3) is 10.0 Å². The zero-order chi connectivity index (χ0) is 25.4. The number of hydrogen-bond donors (Lipinski definition) is 2. The number of rotatable bonds is 10. The van der Waals surface area contributed by atoms with Crippen molar-refractivity contribution >= 4 is 55.0 Å². The van der Waals surface area contributed by atoms with Gasteiger partial charge in [-0.05, 0) is 68.0 Å². The van der Waals surface area contributed by atoms with Gasteiger partial charge in [-0.1, -0.05) is 40.2 Å². The Morgan fingerprint density at radius 3 is 2.46 bits per heavy atom. The summed E-state index contributed by atoms with van der Waals surface area (Å²) in [6.45, 7) is 5.15. The molecule has 3 rings (SSSR count). The van der Waals surface area contributed by atoms with Gasteiger partial charge in [-0.2, -0.15) is 0 Å². The van der Waals surface area contributed by atoms with Crippen LogP contribution in [0, 0.1) is 0 Å². The van der Waals surface area contributed by atoms with Crippen LogP contribution in [0.5, 0.6) is 5.75 Å². The van der Waals surface area contributed by atoms with Gasteiger partial charge in [-0.15, -0.1) is 0 Å². The van der Waals surface area contributed by atoms with Crippen molar-refractivity contribution in [2.45, 2.75) is 18.7 Å². The van der Waals surface area contributed by atoms with E-state index in [1.165, 1.54) is 19.3 Å². The van der Waals surface area contributed by atoms with Gasteiger partial charge in [0.15, 0.2) is 0 Å². The number of hydrogen-bond acceptors (Lipinski definition) is 5. The fourth-order valence-corrected chi connectivity index (χ4v) is 5.27. The van der Waals surface area contributed by atoms with Crippen molar-refractivity contribution in [3.63, 3.8) is 0 Å². The first-order valence-corrected chi connectivity index (χ1v) is 13.3. The van der Waals surface area contributed by atoms with Crippen molar-refractivity contribution < 1.29 is 17.9 Å². The lowest BCUT2D eigenvalue weighted by Gasteiger charge is -2.25. The van der Waals surface area contributed by atoms with E-state index < -0.39 is 10.0 Å². The normalized spacial score (nSPS) is 11.3. The van der Waals surface area contributed by atoms with E-state index in [0.29, 0.717) is 35.9 Å². The second-order valence-corrected chi connectivity index (χ2v) is 10.1. The number of carbonyl (C=O) groups is 1. The number of amides is 1. The van der Waals surface area contributed by atoms with Gasteiger partial charge in [0.2, 0.25) is 5.91 Å². The smallest absolute Gasteiger partial charge is 0.264 e. The van der Waals surface area contributed by atoms with E-state index in [9.17, 15) is 13.2 Å². The third-order valence-corrected chi connectivity index (χ3v) is 7.14. The first-order valence-electron chi connectivity index (χ1n) is 11.1. The maximum atomic E-state index is 13.5. The monoisotopic (exact) mass is 557 g/mol. The molecule has 0 saturated heterocycles. The molecule has 0 aliphatic heterocycles. The molecule has 0 aliphatic carbocycles. The van der Waals surface area contributed by atoms with Crippen molar-refractivity contribution in [3.8, 4) is 5.75 Å². The Morgan fingerprint density at radius 1 is 1.03 bits per heavy atom. The molecule has 0 unspecified atom stereocenters. The number of methoxy groups -OCH3 is 1. The van der Waals surface area contributed by atoms with E-state index in [4.69, 9.17) is 4.74 Å². The van der Waals surface area contributed by atoms with Gasteiger partial charge >= 0.3 is 0 Å². The summed E-state index contributed by atoms with van der Waals surface area (Å²) in [6, 6.07) is 19.2. The molecule has 184 valence electrons. The summed E-state index contributed by atoms with van der Waals surface area (Å²) in [7, 11) is -2.53. The second kappa shape index (κ2) is 11.9. The van der Waals surface area contributed by atoms with Crippen LogP contribution in [-0.2, 0) is 14.8 Å². The number of nitrogens with zero attached hydrogens (tertiary/aromatic N) is 1. The van der Waals surface area contributed by atoms with Crippen molar-refractivity contribution in [3.05, 3.63) is 82.8 Å². The Hall–Kier alpha value is -3.30. The summed E-state index contributed by atoms with van der Waals surface area (Å²) >= 11 is 3.40. The van der Waals surface area contributed by atoms with Crippen LogP contribution in [0.1, 0.15) is 19.4 Å². The number of sulfonamides is 1. The molecule has 7 nitrogen and oxygen atoms in total. The summed E-state index contributed by atoms with van der Waals surface area (Å²) in [4.78, 5) is 14.5. The Morgan fingerprint density at radius 2 is 1.77 bits per heavy atom. The number of nitrogens with one attached hydrogen (secondary N) is 2. The van der Waals surface area contributed by atoms with Crippen LogP contribution in [0.4, 0.5) is 17.1 Å². The minimum absolute atomic E-state index is 0.0564. The van der Waals surface area contributed by atoms with Gasteiger partial charge in [0, 0.05) is 29.3 Å². The Bertz CT molecular complexity index is 1320. The molecule has 0 heterocycles. The molecule has 0 spiro atoms. The minimum atomic E-state index is -4.01. The van der Waals surface area contributed by atoms with Crippen LogP contribution >= 0.6 is 15.9 Å². The lowest BCUT2D eigenvalue weighted by Crippen LogP contribution is -2.26. The molecule has 3 aromatic rings. The van der Waals surface area contributed by atoms with Gasteiger partial charge in [0.1, 0.15) is 10.6 Å². The average molecular weight is 558 g/mol. The summed E-state index contributed by atoms with van der Waals surface area (Å²) in [5.74, 6) is 0.0317. The van der Waals surface area contributed by atoms with Crippen LogP contribution in [0.15, 0.2) is 82.2 Å². The largest absolute Gasteiger partial charge is 0.495 e. The number of benzene rings is 3. The minimum Gasteiger partial charge on any atom is -0.495 e. The second-order valence-electron chi connectivity index (χ2n) is 7.54. The Kier molecular flexibility index (Phi) is 8.95. The third kappa shape index (κ3) is 6.86. The highest BCUT2D eigenvalue weighted by Gasteiger charge is 2.23. The highest BCUT2D eigenvalue weighted by molar-refractivity contribution is 9.10. The number of para-hydroxylation sites is 2. The van der Waals surface area contributed by atoms with E-state index in [0.717, 1.165) is 10.0 Å². The fourth-order valence-electron chi connectivity index (χ4n) is 3.53. The number of halogens is 1. The van der Waals surface area contributed by atoms with E-state index in [2.05, 4.69) is 26.0 Å². The number of ether oxygens (including phenoxy) is 1. The topological polar surface area (TPSA) is 87.7 Å². The van der Waals surface area contributed by atoms with Crippen molar-refractivity contribution in [2.24, 2.45) is 0 Å². The zero-order valence-corrected chi connectivity index (χ0v) is 22.2. The molecular formula is C26H28BrN3O4S. The molecule has 0 atom stereocenters. The molecule has 3 aromatic carbocycles. The zero-order valence-electron chi connectivity index (χ0n) is 19.8. The summed E-state index contributed by atoms with van der Waals surface area (Å²) in [5.41, 5.74) is 2.09. The number of carbonyl (C=O) groups excluding carboxylic acids is 1. The van der Waals surface area contributed by atoms with Gasteiger partial charge in [-0.25, -0.2) is 8.42 Å². The maximum Gasteiger partial charge on any atom is 0.264 e. The molecule has 0 fully saturated rings. The van der Waals surface area contributed by atoms with Crippen LogP contribution in [0.3, 0.4) is 0 Å². The van der Waals surface area contributed by atoms with Crippen molar-refractivity contribution in [1.82, 2.24) is 0 Å². The molecule has 35 heavy (non-hydrogen) atoms. The lowest BCUT2D eigenvalue weighted by atomic mass is 10.2. The lowest BCUT2D eigenvalue weighted by molar-refractivity contribution is -0.111. The summed E-state index contributed by atoms with van der Waals surface area (Å²) < 4.78 is 35.8. The quantitative estimate of drug-likeness (QED) is 0.309. The van der Waals surface area contributed by atoms with Crippen molar-refractivity contribution in [1.29, 1.82) is 0 Å². The van der Waals surface area contributed by atoms with Crippen LogP contribution in [-0.4, -0.2) is 34.5 Å². The van der Waals surface area contributed by atoms with Crippen LogP contribution in [0.25, 0.3) is 6.08 Å². The maximum absolute atomic E-state index is 13.5. The summed E-state index contributed by atoms with van der Waals surface area (Å²) in [6.07, 6.45) is 3.09. The van der Waals surface area contributed by atoms with Gasteiger partial charge in [-0.3, -0.25) is 9.52 Å². The molecule has 0 radical (unpaired) electrons. The summed E-state index contributed by atoms with van der Waals surface area (Å²) in [5, 5.41) is 2.75. The molecule has 0 aliphatic rings. The van der Waals surface area contributed by atoms with Gasteiger partial charge in [0.05, 0.1) is 18.5 Å². The molecule has 0 aromatic heterocycles. The van der Waals surface area contributed by atoms with Crippen LogP contribution < -0.4 is 19.7 Å². The van der Waals surface area contributed by atoms with Crippen LogP contribution in [0.2, 0.25) is 0 Å². The first kappa shape index (κ1) is 26.3. The first-order chi connectivity index (χ1) is 16.8. The Balaban J connectivity index is 1.93. The molecule has 0 saturated carbocycles. The van der Waals surface area contributed by atoms with Gasteiger partial charge < -0.3 is 15.0 Å². The fraction of sp³-hybridized carbons (Fsp3) is 0.192. The SMILES string of the molecule is CCN(CC)c1ccc(NC(=O)C=Cc2cccc(Br)c2)cc1S(=O)(=O)Nc1ccccc1OC. The van der Waals surface area contributed by atoms with E-state index >= 15 is 0 Å².